The molecule has 0 bridgehead atoms. The molecule has 5 aromatic rings. The minimum Gasteiger partial charge on any atom is -0.497 e. The Balaban J connectivity index is 1.36. The fraction of sp³-hybridized carbons (Fsp3) is 0.0667. The van der Waals surface area contributed by atoms with Crippen molar-refractivity contribution < 1.29 is 13.9 Å². The Morgan fingerprint density at radius 2 is 1.78 bits per heavy atom. The van der Waals surface area contributed by atoms with E-state index in [1.54, 1.807) is 18.3 Å². The number of methoxy groups -OCH3 is 1. The Labute approximate surface area is 218 Å². The van der Waals surface area contributed by atoms with Crippen LogP contribution in [0.2, 0.25) is 0 Å². The molecule has 0 spiro atoms. The second-order valence-corrected chi connectivity index (χ2v) is 9.52. The van der Waals surface area contributed by atoms with E-state index in [0.29, 0.717) is 22.4 Å². The first-order valence-corrected chi connectivity index (χ1v) is 12.6. The zero-order valence-corrected chi connectivity index (χ0v) is 20.9. The average Bonchev–Trinajstić information content (AvgIpc) is 3.68. The maximum absolute atomic E-state index is 13.6. The van der Waals surface area contributed by atoms with Crippen LogP contribution in [0.4, 0.5) is 5.69 Å². The molecule has 37 heavy (non-hydrogen) atoms. The van der Waals surface area contributed by atoms with Gasteiger partial charge in [-0.05, 0) is 89.3 Å². The summed E-state index contributed by atoms with van der Waals surface area (Å²) >= 11 is 1.36. The van der Waals surface area contributed by atoms with Crippen molar-refractivity contribution >= 4 is 45.4 Å². The van der Waals surface area contributed by atoms with Gasteiger partial charge in [0.25, 0.3) is 5.91 Å². The van der Waals surface area contributed by atoms with Crippen LogP contribution in [0.5, 0.6) is 5.75 Å². The van der Waals surface area contributed by atoms with Crippen LogP contribution in [0, 0.1) is 0 Å². The number of amidine groups is 1. The number of thioether (sulfide) groups is 1. The molecule has 3 heterocycles. The summed E-state index contributed by atoms with van der Waals surface area (Å²) in [7, 11) is 1.63. The number of ether oxygens (including phenoxy) is 1. The number of aliphatic imine (C=N–C) groups is 1. The van der Waals surface area contributed by atoms with Gasteiger partial charge in [-0.15, -0.1) is 0 Å². The molecule has 182 valence electrons. The van der Waals surface area contributed by atoms with E-state index in [9.17, 15) is 4.79 Å². The molecular formula is C30H23N3O3S. The van der Waals surface area contributed by atoms with Gasteiger partial charge in [-0.3, -0.25) is 9.69 Å². The Kier molecular flexibility index (Phi) is 6.12. The third-order valence-corrected chi connectivity index (χ3v) is 7.16. The normalized spacial score (nSPS) is 15.8. The van der Waals surface area contributed by atoms with Crippen molar-refractivity contribution in [2.45, 2.75) is 6.54 Å². The number of nitrogens with zero attached hydrogens (tertiary/aromatic N) is 3. The zero-order valence-electron chi connectivity index (χ0n) is 20.1. The van der Waals surface area contributed by atoms with E-state index in [1.807, 2.05) is 72.9 Å². The molecule has 7 heteroatoms. The molecule has 0 radical (unpaired) electrons. The van der Waals surface area contributed by atoms with Gasteiger partial charge in [0.15, 0.2) is 5.17 Å². The molecule has 2 aromatic heterocycles. The highest BCUT2D eigenvalue weighted by Crippen LogP contribution is 2.36. The minimum atomic E-state index is -0.111. The predicted molar refractivity (Wildman–Crippen MR) is 148 cm³/mol. The molecule has 0 N–H and O–H groups in total. The van der Waals surface area contributed by atoms with Crippen LogP contribution < -0.4 is 4.74 Å². The van der Waals surface area contributed by atoms with Crippen molar-refractivity contribution in [2.24, 2.45) is 4.99 Å². The van der Waals surface area contributed by atoms with E-state index in [1.165, 1.54) is 17.1 Å². The van der Waals surface area contributed by atoms with E-state index in [-0.39, 0.29) is 5.91 Å². The number of hydrogen-bond donors (Lipinski definition) is 0. The van der Waals surface area contributed by atoms with Crippen LogP contribution in [-0.4, -0.2) is 27.7 Å². The number of rotatable bonds is 6. The molecule has 1 aliphatic rings. The first-order chi connectivity index (χ1) is 18.2. The van der Waals surface area contributed by atoms with Gasteiger partial charge >= 0.3 is 0 Å². The van der Waals surface area contributed by atoms with Gasteiger partial charge in [-0.2, -0.15) is 0 Å². The topological polar surface area (TPSA) is 60.0 Å². The summed E-state index contributed by atoms with van der Waals surface area (Å²) in [5, 5.41) is 2.95. The van der Waals surface area contributed by atoms with Gasteiger partial charge in [0.2, 0.25) is 0 Å². The van der Waals surface area contributed by atoms with E-state index in [0.717, 1.165) is 28.2 Å². The van der Waals surface area contributed by atoms with Gasteiger partial charge in [-0.1, -0.05) is 30.3 Å². The molecule has 6 nitrogen and oxygen atoms in total. The summed E-state index contributed by atoms with van der Waals surface area (Å²) in [6.45, 7) is 0.302. The lowest BCUT2D eigenvalue weighted by atomic mass is 10.1. The van der Waals surface area contributed by atoms with Crippen LogP contribution in [0.1, 0.15) is 11.5 Å². The number of hydrogen-bond acceptors (Lipinski definition) is 5. The Morgan fingerprint density at radius 1 is 0.946 bits per heavy atom. The lowest BCUT2D eigenvalue weighted by molar-refractivity contribution is -0.122. The van der Waals surface area contributed by atoms with E-state index < -0.39 is 0 Å². The second kappa shape index (κ2) is 9.87. The van der Waals surface area contributed by atoms with Gasteiger partial charge in [0, 0.05) is 17.6 Å². The van der Waals surface area contributed by atoms with Crippen LogP contribution >= 0.6 is 11.8 Å². The molecule has 1 amide bonds. The molecule has 1 saturated heterocycles. The van der Waals surface area contributed by atoms with Gasteiger partial charge < -0.3 is 13.7 Å². The highest BCUT2D eigenvalue weighted by molar-refractivity contribution is 8.18. The molecule has 0 unspecified atom stereocenters. The van der Waals surface area contributed by atoms with Crippen molar-refractivity contribution in [3.63, 3.8) is 0 Å². The van der Waals surface area contributed by atoms with Gasteiger partial charge in [-0.25, -0.2) is 4.99 Å². The van der Waals surface area contributed by atoms with Crippen LogP contribution in [0.25, 0.3) is 22.5 Å². The number of carbonyl (C=O) groups is 1. The van der Waals surface area contributed by atoms with E-state index in [2.05, 4.69) is 34.9 Å². The lowest BCUT2D eigenvalue weighted by Crippen LogP contribution is -2.28. The fourth-order valence-corrected chi connectivity index (χ4v) is 5.25. The highest BCUT2D eigenvalue weighted by atomic mass is 32.2. The third kappa shape index (κ3) is 4.69. The summed E-state index contributed by atoms with van der Waals surface area (Å²) in [6.07, 6.45) is 5.54. The number of benzene rings is 3. The summed E-state index contributed by atoms with van der Waals surface area (Å²) in [5.74, 6) is 1.33. The van der Waals surface area contributed by atoms with E-state index >= 15 is 0 Å². The number of fused-ring (bicyclic) bond motifs is 1. The standard InChI is InChI=1S/C30H23N3O3S/c1-35-26-14-11-23(12-15-26)31-30-33(20-27-9-5-17-36-27)29(34)28(37-30)19-24-8-4-16-32(24)25-13-10-21-6-2-3-7-22(21)18-25/h2-19H,20H2,1H3/b28-19-,31-30?. The Bertz CT molecular complexity index is 1630. The van der Waals surface area contributed by atoms with Gasteiger partial charge in [0.05, 0.1) is 30.5 Å². The molecule has 1 aliphatic heterocycles. The van der Waals surface area contributed by atoms with Crippen molar-refractivity contribution in [3.8, 4) is 11.4 Å². The van der Waals surface area contributed by atoms with Crippen molar-refractivity contribution in [1.82, 2.24) is 9.47 Å². The van der Waals surface area contributed by atoms with Crippen molar-refractivity contribution in [1.29, 1.82) is 0 Å². The fourth-order valence-electron chi connectivity index (χ4n) is 4.26. The van der Waals surface area contributed by atoms with Crippen LogP contribution in [0.3, 0.4) is 0 Å². The number of carbonyl (C=O) groups excluding carboxylic acids is 1. The van der Waals surface area contributed by atoms with Gasteiger partial charge in [0.1, 0.15) is 11.5 Å². The smallest absolute Gasteiger partial charge is 0.267 e. The predicted octanol–water partition coefficient (Wildman–Crippen LogP) is 7.04. The SMILES string of the molecule is COc1ccc(N=C2S/C(=C\c3cccn3-c3ccc4ccccc4c3)C(=O)N2Cc2ccco2)cc1. The van der Waals surface area contributed by atoms with Crippen LogP contribution in [-0.2, 0) is 11.3 Å². The number of furan rings is 1. The molecule has 1 fully saturated rings. The molecule has 3 aromatic carbocycles. The Hall–Kier alpha value is -4.49. The molecule has 6 rings (SSSR count). The highest BCUT2D eigenvalue weighted by Gasteiger charge is 2.34. The lowest BCUT2D eigenvalue weighted by Gasteiger charge is -2.14. The summed E-state index contributed by atoms with van der Waals surface area (Å²) < 4.78 is 12.9. The number of amides is 1. The quantitative estimate of drug-likeness (QED) is 0.232. The summed E-state index contributed by atoms with van der Waals surface area (Å²) in [5.41, 5.74) is 2.68. The van der Waals surface area contributed by atoms with Crippen LogP contribution in [0.15, 0.2) is 118 Å². The monoisotopic (exact) mass is 505 g/mol. The number of aromatic nitrogens is 1. The summed E-state index contributed by atoms with van der Waals surface area (Å²) in [4.78, 5) is 20.6. The Morgan fingerprint density at radius 3 is 2.57 bits per heavy atom. The zero-order chi connectivity index (χ0) is 25.2. The first-order valence-electron chi connectivity index (χ1n) is 11.8. The molecule has 0 atom stereocenters. The maximum atomic E-state index is 13.6. The second-order valence-electron chi connectivity index (χ2n) is 8.51. The van der Waals surface area contributed by atoms with Crippen molar-refractivity contribution in [3.05, 3.63) is 120 Å². The molecule has 0 aliphatic carbocycles. The summed E-state index contributed by atoms with van der Waals surface area (Å²) in [6, 6.07) is 29.7. The average molecular weight is 506 g/mol. The minimum absolute atomic E-state index is 0.111. The van der Waals surface area contributed by atoms with E-state index in [4.69, 9.17) is 14.1 Å². The molecule has 0 saturated carbocycles. The third-order valence-electron chi connectivity index (χ3n) is 6.15. The van der Waals surface area contributed by atoms with Crippen molar-refractivity contribution in [2.75, 3.05) is 7.11 Å². The largest absolute Gasteiger partial charge is 0.497 e. The maximum Gasteiger partial charge on any atom is 0.267 e. The molecular weight excluding hydrogens is 482 g/mol. The first kappa shape index (κ1) is 22.9.